The number of non-ortho nitro benzene ring substituents is 1. The summed E-state index contributed by atoms with van der Waals surface area (Å²) in [5.74, 6) is -0.509. The summed E-state index contributed by atoms with van der Waals surface area (Å²) < 4.78 is 0. The van der Waals surface area contributed by atoms with Crippen molar-refractivity contribution in [2.45, 2.75) is 25.0 Å². The van der Waals surface area contributed by atoms with Crippen molar-refractivity contribution in [3.63, 3.8) is 0 Å². The number of nitrogens with two attached hydrogens (primary N) is 1. The second-order valence-electron chi connectivity index (χ2n) is 5.76. The molecule has 11 heteroatoms. The van der Waals surface area contributed by atoms with Crippen LogP contribution in [0, 0.1) is 16.0 Å². The highest BCUT2D eigenvalue weighted by molar-refractivity contribution is 7.99. The quantitative estimate of drug-likeness (QED) is 0.356. The Morgan fingerprint density at radius 3 is 2.77 bits per heavy atom. The van der Waals surface area contributed by atoms with Gasteiger partial charge in [-0.25, -0.2) is 4.98 Å². The van der Waals surface area contributed by atoms with Gasteiger partial charge in [0.2, 0.25) is 11.1 Å². The fourth-order valence-electron chi connectivity index (χ4n) is 2.13. The third kappa shape index (κ3) is 5.02. The highest BCUT2D eigenvalue weighted by atomic mass is 32.2. The van der Waals surface area contributed by atoms with Crippen LogP contribution in [0.2, 0.25) is 0 Å². The molecule has 0 saturated carbocycles. The number of carbonyl (C=O) groups is 2. The number of aromatic nitrogens is 3. The van der Waals surface area contributed by atoms with Gasteiger partial charge in [-0.05, 0) is 12.0 Å². The van der Waals surface area contributed by atoms with Gasteiger partial charge in [0.25, 0.3) is 11.6 Å². The molecule has 0 spiro atoms. The SMILES string of the molecule is CC(C)[C@H](NC(=O)c1cccc([N+](=O)[O-])c1)c1nc(SCC(N)=O)n[nH]1. The molecule has 0 unspecified atom stereocenters. The molecule has 0 aliphatic heterocycles. The lowest BCUT2D eigenvalue weighted by molar-refractivity contribution is -0.384. The average molecular weight is 378 g/mol. The zero-order valence-corrected chi connectivity index (χ0v) is 14.9. The van der Waals surface area contributed by atoms with Crippen molar-refractivity contribution >= 4 is 29.3 Å². The lowest BCUT2D eigenvalue weighted by atomic mass is 10.0. The van der Waals surface area contributed by atoms with Crippen molar-refractivity contribution in [1.82, 2.24) is 20.5 Å². The minimum Gasteiger partial charge on any atom is -0.369 e. The fourth-order valence-corrected chi connectivity index (χ4v) is 2.68. The van der Waals surface area contributed by atoms with Crippen molar-refractivity contribution in [3.8, 4) is 0 Å². The van der Waals surface area contributed by atoms with E-state index in [1.165, 1.54) is 24.3 Å². The molecule has 0 bridgehead atoms. The molecule has 138 valence electrons. The number of carbonyl (C=O) groups excluding carboxylic acids is 2. The van der Waals surface area contributed by atoms with E-state index >= 15 is 0 Å². The number of H-pyrrole nitrogens is 1. The molecule has 1 aromatic heterocycles. The molecule has 1 aromatic carbocycles. The van der Waals surface area contributed by atoms with Crippen LogP contribution in [0.25, 0.3) is 0 Å². The molecule has 0 aliphatic rings. The number of amides is 2. The minimum absolute atomic E-state index is 0.0282. The van der Waals surface area contributed by atoms with E-state index in [-0.39, 0.29) is 22.9 Å². The molecular weight excluding hydrogens is 360 g/mol. The van der Waals surface area contributed by atoms with Gasteiger partial charge in [-0.2, -0.15) is 0 Å². The molecule has 0 saturated heterocycles. The van der Waals surface area contributed by atoms with Gasteiger partial charge in [-0.3, -0.25) is 24.8 Å². The lowest BCUT2D eigenvalue weighted by Crippen LogP contribution is -2.32. The summed E-state index contributed by atoms with van der Waals surface area (Å²) in [6, 6.07) is 4.98. The van der Waals surface area contributed by atoms with Crippen LogP contribution in [0.1, 0.15) is 36.1 Å². The van der Waals surface area contributed by atoms with Crippen LogP contribution in [-0.4, -0.2) is 37.7 Å². The highest BCUT2D eigenvalue weighted by Gasteiger charge is 2.23. The number of nitro groups is 1. The van der Waals surface area contributed by atoms with Gasteiger partial charge in [0.05, 0.1) is 16.7 Å². The Morgan fingerprint density at radius 1 is 1.42 bits per heavy atom. The topological polar surface area (TPSA) is 157 Å². The van der Waals surface area contributed by atoms with Gasteiger partial charge in [0.1, 0.15) is 5.82 Å². The number of primary amides is 1. The Balaban J connectivity index is 2.15. The van der Waals surface area contributed by atoms with Crippen molar-refractivity contribution in [2.75, 3.05) is 5.75 Å². The maximum atomic E-state index is 12.5. The van der Waals surface area contributed by atoms with E-state index in [2.05, 4.69) is 20.5 Å². The van der Waals surface area contributed by atoms with Gasteiger partial charge in [-0.1, -0.05) is 31.7 Å². The standard InChI is InChI=1S/C15H18N6O4S/c1-8(2)12(13-18-15(20-19-13)26-7-11(16)22)17-14(23)9-4-3-5-10(6-9)21(24)25/h3-6,8,12H,7H2,1-2H3,(H2,16,22)(H,17,23)(H,18,19,20)/t12-/m0/s1. The third-order valence-corrected chi connectivity index (χ3v) is 4.26. The number of thioether (sulfide) groups is 1. The Labute approximate surface area is 153 Å². The number of nitro benzene ring substituents is 1. The molecule has 2 aromatic rings. The minimum atomic E-state index is -0.560. The largest absolute Gasteiger partial charge is 0.369 e. The molecular formula is C15H18N6O4S. The first-order chi connectivity index (χ1) is 12.3. The number of nitrogens with one attached hydrogen (secondary N) is 2. The summed E-state index contributed by atoms with van der Waals surface area (Å²) in [4.78, 5) is 37.9. The average Bonchev–Trinajstić information content (AvgIpc) is 3.06. The molecule has 2 rings (SSSR count). The zero-order valence-electron chi connectivity index (χ0n) is 14.1. The summed E-state index contributed by atoms with van der Waals surface area (Å²) in [7, 11) is 0. The lowest BCUT2D eigenvalue weighted by Gasteiger charge is -2.19. The van der Waals surface area contributed by atoms with E-state index < -0.39 is 22.8 Å². The molecule has 10 nitrogen and oxygen atoms in total. The van der Waals surface area contributed by atoms with Crippen LogP contribution in [0.4, 0.5) is 5.69 Å². The molecule has 26 heavy (non-hydrogen) atoms. The third-order valence-electron chi connectivity index (χ3n) is 3.39. The predicted octanol–water partition coefficient (Wildman–Crippen LogP) is 1.42. The van der Waals surface area contributed by atoms with Crippen LogP contribution in [0.3, 0.4) is 0 Å². The number of rotatable bonds is 8. The van der Waals surface area contributed by atoms with E-state index in [4.69, 9.17) is 5.73 Å². The van der Waals surface area contributed by atoms with Crippen LogP contribution in [0.5, 0.6) is 0 Å². The second-order valence-corrected chi connectivity index (χ2v) is 6.70. The fraction of sp³-hybridized carbons (Fsp3) is 0.333. The van der Waals surface area contributed by atoms with E-state index in [0.29, 0.717) is 11.0 Å². The van der Waals surface area contributed by atoms with Crippen molar-refractivity contribution in [3.05, 3.63) is 45.8 Å². The van der Waals surface area contributed by atoms with Crippen LogP contribution < -0.4 is 11.1 Å². The Hall–Kier alpha value is -2.95. The smallest absolute Gasteiger partial charge is 0.270 e. The van der Waals surface area contributed by atoms with Gasteiger partial charge in [0.15, 0.2) is 0 Å². The second kappa shape index (κ2) is 8.43. The molecule has 1 heterocycles. The molecule has 4 N–H and O–H groups in total. The molecule has 0 radical (unpaired) electrons. The van der Waals surface area contributed by atoms with E-state index in [0.717, 1.165) is 11.8 Å². The summed E-state index contributed by atoms with van der Waals surface area (Å²) in [6.07, 6.45) is 0. The Morgan fingerprint density at radius 2 is 2.15 bits per heavy atom. The van der Waals surface area contributed by atoms with Crippen molar-refractivity contribution in [1.29, 1.82) is 0 Å². The Bertz CT molecular complexity index is 822. The van der Waals surface area contributed by atoms with Gasteiger partial charge in [-0.15, -0.1) is 5.10 Å². The molecule has 0 aliphatic carbocycles. The van der Waals surface area contributed by atoms with Gasteiger partial charge in [0, 0.05) is 17.7 Å². The molecule has 1 atom stereocenters. The first-order valence-corrected chi connectivity index (χ1v) is 8.65. The summed E-state index contributed by atoms with van der Waals surface area (Å²) in [5, 5.41) is 20.7. The maximum absolute atomic E-state index is 12.5. The number of benzene rings is 1. The van der Waals surface area contributed by atoms with E-state index in [1.54, 1.807) is 0 Å². The molecule has 0 fully saturated rings. The van der Waals surface area contributed by atoms with Crippen molar-refractivity contribution in [2.24, 2.45) is 11.7 Å². The molecule has 2 amide bonds. The van der Waals surface area contributed by atoms with Crippen molar-refractivity contribution < 1.29 is 14.5 Å². The van der Waals surface area contributed by atoms with Crippen LogP contribution in [0.15, 0.2) is 29.4 Å². The van der Waals surface area contributed by atoms with Crippen LogP contribution >= 0.6 is 11.8 Å². The van der Waals surface area contributed by atoms with Gasteiger partial charge >= 0.3 is 0 Å². The normalized spacial score (nSPS) is 12.0. The number of aromatic amines is 1. The van der Waals surface area contributed by atoms with Crippen LogP contribution in [-0.2, 0) is 4.79 Å². The number of hydrogen-bond acceptors (Lipinski definition) is 7. The maximum Gasteiger partial charge on any atom is 0.270 e. The van der Waals surface area contributed by atoms with E-state index in [9.17, 15) is 19.7 Å². The monoisotopic (exact) mass is 378 g/mol. The predicted molar refractivity (Wildman–Crippen MR) is 94.4 cm³/mol. The zero-order chi connectivity index (χ0) is 19.3. The Kier molecular flexibility index (Phi) is 6.28. The number of hydrogen-bond donors (Lipinski definition) is 3. The number of nitrogens with zero attached hydrogens (tertiary/aromatic N) is 3. The van der Waals surface area contributed by atoms with E-state index in [1.807, 2.05) is 13.8 Å². The van der Waals surface area contributed by atoms with Gasteiger partial charge < -0.3 is 11.1 Å². The summed E-state index contributed by atoms with van der Waals surface area (Å²) in [6.45, 7) is 3.77. The summed E-state index contributed by atoms with van der Waals surface area (Å²) >= 11 is 1.08. The first-order valence-electron chi connectivity index (χ1n) is 7.66. The highest BCUT2D eigenvalue weighted by Crippen LogP contribution is 2.22. The summed E-state index contributed by atoms with van der Waals surface area (Å²) in [5.41, 5.74) is 5.10. The first kappa shape index (κ1) is 19.4.